The molecule has 3 heterocycles. The van der Waals surface area contributed by atoms with Gasteiger partial charge >= 0.3 is 0 Å². The van der Waals surface area contributed by atoms with Gasteiger partial charge in [-0.05, 0) is 49.3 Å². The number of nitrogens with zero attached hydrogens (tertiary/aromatic N) is 4. The summed E-state index contributed by atoms with van der Waals surface area (Å²) in [6.45, 7) is 3.67. The van der Waals surface area contributed by atoms with Gasteiger partial charge in [0.1, 0.15) is 6.10 Å². The summed E-state index contributed by atoms with van der Waals surface area (Å²) in [6, 6.07) is 6.64. The Balaban J connectivity index is 1.45. The standard InChI is InChI=1S/C23H29N5O2/c1-15-3-6-18(7-4-15)25-23-24-12-20(22(26-23)30-19-9-10-29-14-19)16-5-8-21-17(11-16)13-28(2)27-21/h5,8,11-13,15,18-19H,3-4,6-7,9-10,14H2,1-2H3,(H,24,25,26)/t15?,18?,19-/m1/s1. The van der Waals surface area contributed by atoms with Crippen LogP contribution in [0, 0.1) is 5.92 Å². The minimum absolute atomic E-state index is 0.0316. The van der Waals surface area contributed by atoms with Crippen molar-refractivity contribution < 1.29 is 9.47 Å². The van der Waals surface area contributed by atoms with Gasteiger partial charge in [-0.3, -0.25) is 4.68 Å². The fourth-order valence-corrected chi connectivity index (χ4v) is 4.39. The van der Waals surface area contributed by atoms with E-state index in [4.69, 9.17) is 14.5 Å². The van der Waals surface area contributed by atoms with Crippen LogP contribution in [0.3, 0.4) is 0 Å². The average molecular weight is 408 g/mol. The van der Waals surface area contributed by atoms with Crippen molar-refractivity contribution in [3.05, 3.63) is 30.6 Å². The number of anilines is 1. The summed E-state index contributed by atoms with van der Waals surface area (Å²) in [7, 11) is 1.93. The van der Waals surface area contributed by atoms with Crippen LogP contribution in [0.1, 0.15) is 39.0 Å². The Morgan fingerprint density at radius 3 is 2.83 bits per heavy atom. The molecule has 0 amide bonds. The minimum Gasteiger partial charge on any atom is -0.471 e. The molecule has 7 nitrogen and oxygen atoms in total. The van der Waals surface area contributed by atoms with Crippen LogP contribution in [-0.2, 0) is 11.8 Å². The Kier molecular flexibility index (Phi) is 5.29. The Morgan fingerprint density at radius 1 is 1.17 bits per heavy atom. The van der Waals surface area contributed by atoms with Gasteiger partial charge < -0.3 is 14.8 Å². The zero-order valence-electron chi connectivity index (χ0n) is 17.7. The van der Waals surface area contributed by atoms with Gasteiger partial charge in [-0.1, -0.05) is 13.0 Å². The van der Waals surface area contributed by atoms with Crippen LogP contribution >= 0.6 is 0 Å². The van der Waals surface area contributed by atoms with Gasteiger partial charge in [0.25, 0.3) is 0 Å². The van der Waals surface area contributed by atoms with Crippen molar-refractivity contribution in [2.75, 3.05) is 18.5 Å². The summed E-state index contributed by atoms with van der Waals surface area (Å²) in [5.74, 6) is 2.08. The van der Waals surface area contributed by atoms with Crippen LogP contribution in [-0.4, -0.2) is 45.1 Å². The van der Waals surface area contributed by atoms with E-state index in [1.54, 1.807) is 0 Å². The molecule has 1 saturated heterocycles. The van der Waals surface area contributed by atoms with Crippen molar-refractivity contribution >= 4 is 16.9 Å². The molecule has 1 atom stereocenters. The second-order valence-corrected chi connectivity index (χ2v) is 8.69. The lowest BCUT2D eigenvalue weighted by Crippen LogP contribution is -2.26. The molecular weight excluding hydrogens is 378 g/mol. The highest BCUT2D eigenvalue weighted by atomic mass is 16.5. The summed E-state index contributed by atoms with van der Waals surface area (Å²) < 4.78 is 13.6. The topological polar surface area (TPSA) is 74.1 Å². The third kappa shape index (κ3) is 4.12. The first-order valence-corrected chi connectivity index (χ1v) is 11.0. The van der Waals surface area contributed by atoms with Crippen LogP contribution < -0.4 is 10.1 Å². The minimum atomic E-state index is 0.0316. The monoisotopic (exact) mass is 407 g/mol. The average Bonchev–Trinajstić information content (AvgIpc) is 3.38. The van der Waals surface area contributed by atoms with E-state index in [1.807, 2.05) is 30.2 Å². The van der Waals surface area contributed by atoms with E-state index in [9.17, 15) is 0 Å². The van der Waals surface area contributed by atoms with E-state index in [-0.39, 0.29) is 6.10 Å². The highest BCUT2D eigenvalue weighted by molar-refractivity contribution is 5.85. The number of rotatable bonds is 5. The number of hydrogen-bond acceptors (Lipinski definition) is 6. The molecule has 1 aliphatic heterocycles. The number of aryl methyl sites for hydroxylation is 1. The quantitative estimate of drug-likeness (QED) is 0.684. The number of fused-ring (bicyclic) bond motifs is 1. The summed E-state index contributed by atoms with van der Waals surface area (Å²) >= 11 is 0. The Labute approximate surface area is 176 Å². The zero-order valence-corrected chi connectivity index (χ0v) is 17.7. The fourth-order valence-electron chi connectivity index (χ4n) is 4.39. The molecule has 158 valence electrons. The molecule has 1 N–H and O–H groups in total. The second-order valence-electron chi connectivity index (χ2n) is 8.69. The van der Waals surface area contributed by atoms with Crippen molar-refractivity contribution in [2.45, 2.75) is 51.2 Å². The summed E-state index contributed by atoms with van der Waals surface area (Å²) in [6.07, 6.45) is 9.65. The van der Waals surface area contributed by atoms with E-state index >= 15 is 0 Å². The van der Waals surface area contributed by atoms with Gasteiger partial charge in [0.05, 0.1) is 24.3 Å². The van der Waals surface area contributed by atoms with E-state index in [2.05, 4.69) is 34.5 Å². The maximum Gasteiger partial charge on any atom is 0.226 e. The van der Waals surface area contributed by atoms with Gasteiger partial charge in [-0.2, -0.15) is 10.1 Å². The third-order valence-electron chi connectivity index (χ3n) is 6.20. The van der Waals surface area contributed by atoms with Gasteiger partial charge in [-0.15, -0.1) is 0 Å². The smallest absolute Gasteiger partial charge is 0.226 e. The van der Waals surface area contributed by atoms with Crippen LogP contribution in [0.25, 0.3) is 22.0 Å². The molecule has 0 unspecified atom stereocenters. The first-order valence-electron chi connectivity index (χ1n) is 11.0. The molecule has 3 aromatic rings. The third-order valence-corrected chi connectivity index (χ3v) is 6.20. The largest absolute Gasteiger partial charge is 0.471 e. The molecule has 2 aliphatic rings. The molecule has 30 heavy (non-hydrogen) atoms. The van der Waals surface area contributed by atoms with E-state index < -0.39 is 0 Å². The molecule has 2 aromatic heterocycles. The van der Waals surface area contributed by atoms with Crippen LogP contribution in [0.2, 0.25) is 0 Å². The summed E-state index contributed by atoms with van der Waals surface area (Å²) in [5, 5.41) is 9.08. The molecule has 1 aromatic carbocycles. The highest BCUT2D eigenvalue weighted by Crippen LogP contribution is 2.33. The Bertz CT molecular complexity index is 1020. The molecule has 2 fully saturated rings. The highest BCUT2D eigenvalue weighted by Gasteiger charge is 2.23. The SMILES string of the molecule is CC1CCC(Nc2ncc(-c3ccc4nn(C)cc4c3)c(O[C@@H]3CCOC3)n2)CC1. The molecule has 0 bridgehead atoms. The van der Waals surface area contributed by atoms with E-state index in [0.29, 0.717) is 24.5 Å². The molecule has 1 aliphatic carbocycles. The van der Waals surface area contributed by atoms with Crippen molar-refractivity contribution in [3.63, 3.8) is 0 Å². The van der Waals surface area contributed by atoms with E-state index in [1.165, 1.54) is 12.8 Å². The maximum absolute atomic E-state index is 6.29. The van der Waals surface area contributed by atoms with Crippen molar-refractivity contribution in [2.24, 2.45) is 13.0 Å². The van der Waals surface area contributed by atoms with Crippen LogP contribution in [0.15, 0.2) is 30.6 Å². The summed E-state index contributed by atoms with van der Waals surface area (Å²) in [5.41, 5.74) is 2.90. The normalized spacial score (nSPS) is 24.3. The predicted molar refractivity (Wildman–Crippen MR) is 117 cm³/mol. The maximum atomic E-state index is 6.29. The zero-order chi connectivity index (χ0) is 20.5. The van der Waals surface area contributed by atoms with Gasteiger partial charge in [0.2, 0.25) is 11.8 Å². The lowest BCUT2D eigenvalue weighted by Gasteiger charge is -2.27. The van der Waals surface area contributed by atoms with Crippen molar-refractivity contribution in [3.8, 4) is 17.0 Å². The lowest BCUT2D eigenvalue weighted by molar-refractivity contribution is 0.138. The van der Waals surface area contributed by atoms with Crippen LogP contribution in [0.5, 0.6) is 5.88 Å². The number of benzene rings is 1. The molecule has 7 heteroatoms. The molecule has 1 saturated carbocycles. The fraction of sp³-hybridized carbons (Fsp3) is 0.522. The second kappa shape index (κ2) is 8.22. The molecule has 0 spiro atoms. The number of aromatic nitrogens is 4. The molecule has 0 radical (unpaired) electrons. The number of ether oxygens (including phenoxy) is 2. The number of hydrogen-bond donors (Lipinski definition) is 1. The number of nitrogens with one attached hydrogen (secondary N) is 1. The molecular formula is C23H29N5O2. The van der Waals surface area contributed by atoms with Gasteiger partial charge in [-0.25, -0.2) is 4.98 Å². The predicted octanol–water partition coefficient (Wildman–Crippen LogP) is 4.19. The van der Waals surface area contributed by atoms with Gasteiger partial charge in [0.15, 0.2) is 0 Å². The first-order chi connectivity index (χ1) is 14.6. The van der Waals surface area contributed by atoms with E-state index in [0.717, 1.165) is 53.8 Å². The Morgan fingerprint density at radius 2 is 2.03 bits per heavy atom. The Hall–Kier alpha value is -2.67. The summed E-state index contributed by atoms with van der Waals surface area (Å²) in [4.78, 5) is 9.42. The molecule has 5 rings (SSSR count). The van der Waals surface area contributed by atoms with Gasteiger partial charge in [0, 0.05) is 37.3 Å². The van der Waals surface area contributed by atoms with Crippen molar-refractivity contribution in [1.29, 1.82) is 0 Å². The lowest BCUT2D eigenvalue weighted by atomic mass is 9.87. The van der Waals surface area contributed by atoms with Crippen LogP contribution in [0.4, 0.5) is 5.95 Å². The van der Waals surface area contributed by atoms with Crippen molar-refractivity contribution in [1.82, 2.24) is 19.7 Å². The first kappa shape index (κ1) is 19.3.